The number of thiophene rings is 1. The summed E-state index contributed by atoms with van der Waals surface area (Å²) >= 11 is 1.14. The number of carbonyl (C=O) groups is 1. The molecule has 24 heavy (non-hydrogen) atoms. The number of hydrogen-bond acceptors (Lipinski definition) is 5. The number of rotatable bonds is 5. The Hall–Kier alpha value is -1.74. The van der Waals surface area contributed by atoms with Gasteiger partial charge < -0.3 is 10.1 Å². The molecular weight excluding hydrogens is 348 g/mol. The van der Waals surface area contributed by atoms with Crippen LogP contribution in [0.1, 0.15) is 4.88 Å². The van der Waals surface area contributed by atoms with Gasteiger partial charge in [0, 0.05) is 23.7 Å². The summed E-state index contributed by atoms with van der Waals surface area (Å²) in [6.45, 7) is 1.56. The van der Waals surface area contributed by atoms with Crippen LogP contribution in [0.15, 0.2) is 46.7 Å². The van der Waals surface area contributed by atoms with E-state index in [1.165, 1.54) is 4.31 Å². The van der Waals surface area contributed by atoms with E-state index in [4.69, 9.17) is 4.74 Å². The van der Waals surface area contributed by atoms with Crippen LogP contribution in [0.4, 0.5) is 5.69 Å². The van der Waals surface area contributed by atoms with Crippen LogP contribution in [0.2, 0.25) is 0 Å². The number of hydrogen-bond donors (Lipinski definition) is 1. The summed E-state index contributed by atoms with van der Waals surface area (Å²) in [7, 11) is -3.50. The van der Waals surface area contributed by atoms with Crippen molar-refractivity contribution in [2.24, 2.45) is 0 Å². The Labute approximate surface area is 145 Å². The number of benzene rings is 1. The first-order valence-corrected chi connectivity index (χ1v) is 9.83. The standard InChI is InChI=1S/C16H18N2O4S2/c19-15(17-13-4-2-1-3-5-13)12-14-6-7-16(23-14)24(20,21)18-8-10-22-11-9-18/h1-7H,8-12H2,(H,17,19). The highest BCUT2D eigenvalue weighted by atomic mass is 32.2. The van der Waals surface area contributed by atoms with Gasteiger partial charge in [0.1, 0.15) is 4.21 Å². The Kier molecular flexibility index (Phi) is 5.30. The zero-order chi connectivity index (χ0) is 17.0. The normalized spacial score (nSPS) is 16.0. The van der Waals surface area contributed by atoms with E-state index in [0.29, 0.717) is 26.3 Å². The Morgan fingerprint density at radius 2 is 1.83 bits per heavy atom. The van der Waals surface area contributed by atoms with Gasteiger partial charge >= 0.3 is 0 Å². The fraction of sp³-hybridized carbons (Fsp3) is 0.312. The molecule has 1 aromatic heterocycles. The molecule has 2 heterocycles. The smallest absolute Gasteiger partial charge is 0.252 e. The van der Waals surface area contributed by atoms with Crippen LogP contribution in [0.25, 0.3) is 0 Å². The van der Waals surface area contributed by atoms with E-state index in [1.54, 1.807) is 24.3 Å². The molecule has 2 aromatic rings. The lowest BCUT2D eigenvalue weighted by Gasteiger charge is -2.25. The maximum absolute atomic E-state index is 12.6. The van der Waals surface area contributed by atoms with Crippen molar-refractivity contribution in [1.29, 1.82) is 0 Å². The van der Waals surface area contributed by atoms with E-state index in [0.717, 1.165) is 21.9 Å². The van der Waals surface area contributed by atoms with Crippen LogP contribution in [0.3, 0.4) is 0 Å². The quantitative estimate of drug-likeness (QED) is 0.878. The third-order valence-electron chi connectivity index (χ3n) is 3.59. The molecule has 6 nitrogen and oxygen atoms in total. The van der Waals surface area contributed by atoms with E-state index in [1.807, 2.05) is 18.2 Å². The molecule has 0 bridgehead atoms. The number of ether oxygens (including phenoxy) is 1. The fourth-order valence-electron chi connectivity index (χ4n) is 2.39. The maximum Gasteiger partial charge on any atom is 0.252 e. The summed E-state index contributed by atoms with van der Waals surface area (Å²) in [5.41, 5.74) is 0.722. The SMILES string of the molecule is O=C(Cc1ccc(S(=O)(=O)N2CCOCC2)s1)Nc1ccccc1. The van der Waals surface area contributed by atoms with Crippen molar-refractivity contribution in [3.63, 3.8) is 0 Å². The molecule has 1 N–H and O–H groups in total. The first-order chi connectivity index (χ1) is 11.6. The molecule has 1 aliphatic heterocycles. The summed E-state index contributed by atoms with van der Waals surface area (Å²) in [6.07, 6.45) is 0.151. The fourth-order valence-corrected chi connectivity index (χ4v) is 5.31. The van der Waals surface area contributed by atoms with Gasteiger partial charge in [0.25, 0.3) is 10.0 Å². The van der Waals surface area contributed by atoms with Crippen molar-refractivity contribution >= 4 is 33.0 Å². The number of amides is 1. The average Bonchev–Trinajstić information content (AvgIpc) is 3.05. The van der Waals surface area contributed by atoms with Crippen LogP contribution < -0.4 is 5.32 Å². The molecule has 0 unspecified atom stereocenters. The van der Waals surface area contributed by atoms with Crippen molar-refractivity contribution in [1.82, 2.24) is 4.31 Å². The molecule has 0 aliphatic carbocycles. The molecule has 3 rings (SSSR count). The summed E-state index contributed by atoms with van der Waals surface area (Å²) in [5, 5.41) is 2.79. The van der Waals surface area contributed by atoms with E-state index in [2.05, 4.69) is 5.32 Å². The predicted octanol–water partition coefficient (Wildman–Crippen LogP) is 1.95. The van der Waals surface area contributed by atoms with Gasteiger partial charge in [-0.25, -0.2) is 8.42 Å². The van der Waals surface area contributed by atoms with E-state index >= 15 is 0 Å². The number of morpholine rings is 1. The van der Waals surface area contributed by atoms with Crippen LogP contribution in [-0.2, 0) is 26.0 Å². The first kappa shape index (κ1) is 17.1. The third-order valence-corrected chi connectivity index (χ3v) is 7.04. The number of carbonyl (C=O) groups excluding carboxylic acids is 1. The van der Waals surface area contributed by atoms with Crippen LogP contribution in [0, 0.1) is 0 Å². The van der Waals surface area contributed by atoms with Gasteiger partial charge in [0.15, 0.2) is 0 Å². The number of para-hydroxylation sites is 1. The van der Waals surface area contributed by atoms with E-state index in [-0.39, 0.29) is 16.5 Å². The number of sulfonamides is 1. The van der Waals surface area contributed by atoms with Crippen molar-refractivity contribution in [3.8, 4) is 0 Å². The lowest BCUT2D eigenvalue weighted by atomic mass is 10.3. The molecule has 0 saturated carbocycles. The Morgan fingerprint density at radius 1 is 1.12 bits per heavy atom. The molecule has 8 heteroatoms. The van der Waals surface area contributed by atoms with Gasteiger partial charge in [-0.2, -0.15) is 4.31 Å². The molecule has 1 aromatic carbocycles. The second-order valence-electron chi connectivity index (χ2n) is 5.33. The highest BCUT2D eigenvalue weighted by Crippen LogP contribution is 2.26. The zero-order valence-electron chi connectivity index (χ0n) is 13.0. The van der Waals surface area contributed by atoms with Crippen molar-refractivity contribution in [3.05, 3.63) is 47.3 Å². The molecular formula is C16H18N2O4S2. The molecule has 0 spiro atoms. The topological polar surface area (TPSA) is 75.7 Å². The van der Waals surface area contributed by atoms with Crippen molar-refractivity contribution in [2.75, 3.05) is 31.6 Å². The lowest BCUT2D eigenvalue weighted by Crippen LogP contribution is -2.40. The van der Waals surface area contributed by atoms with E-state index in [9.17, 15) is 13.2 Å². The molecule has 0 atom stereocenters. The van der Waals surface area contributed by atoms with Crippen LogP contribution in [0.5, 0.6) is 0 Å². The van der Waals surface area contributed by atoms with Crippen molar-refractivity contribution in [2.45, 2.75) is 10.6 Å². The lowest BCUT2D eigenvalue weighted by molar-refractivity contribution is -0.115. The summed E-state index contributed by atoms with van der Waals surface area (Å²) in [6, 6.07) is 12.4. The summed E-state index contributed by atoms with van der Waals surface area (Å²) in [4.78, 5) is 12.8. The first-order valence-electron chi connectivity index (χ1n) is 7.57. The largest absolute Gasteiger partial charge is 0.379 e. The molecule has 1 saturated heterocycles. The molecule has 1 fully saturated rings. The second-order valence-corrected chi connectivity index (χ2v) is 8.66. The number of anilines is 1. The molecule has 1 amide bonds. The Balaban J connectivity index is 1.65. The van der Waals surface area contributed by atoms with Crippen molar-refractivity contribution < 1.29 is 17.9 Å². The van der Waals surface area contributed by atoms with Gasteiger partial charge in [-0.1, -0.05) is 18.2 Å². The van der Waals surface area contributed by atoms with Gasteiger partial charge in [0.2, 0.25) is 5.91 Å². The Bertz CT molecular complexity index is 796. The van der Waals surface area contributed by atoms with Crippen LogP contribution >= 0.6 is 11.3 Å². The number of nitrogens with one attached hydrogen (secondary N) is 1. The highest BCUT2D eigenvalue weighted by Gasteiger charge is 2.27. The molecule has 1 aliphatic rings. The minimum atomic E-state index is -3.50. The minimum absolute atomic E-state index is 0.151. The van der Waals surface area contributed by atoms with E-state index < -0.39 is 10.0 Å². The monoisotopic (exact) mass is 366 g/mol. The minimum Gasteiger partial charge on any atom is -0.379 e. The van der Waals surface area contributed by atoms with Gasteiger partial charge in [-0.05, 0) is 24.3 Å². The third kappa shape index (κ3) is 4.02. The summed E-state index contributed by atoms with van der Waals surface area (Å²) in [5.74, 6) is -0.168. The van der Waals surface area contributed by atoms with Gasteiger partial charge in [-0.3, -0.25) is 4.79 Å². The van der Waals surface area contributed by atoms with Crippen LogP contribution in [-0.4, -0.2) is 44.9 Å². The van der Waals surface area contributed by atoms with Gasteiger partial charge in [0.05, 0.1) is 19.6 Å². The average molecular weight is 366 g/mol. The summed E-state index contributed by atoms with van der Waals surface area (Å²) < 4.78 is 32.0. The molecule has 0 radical (unpaired) electrons. The second kappa shape index (κ2) is 7.43. The molecule has 128 valence electrons. The number of nitrogens with zero attached hydrogens (tertiary/aromatic N) is 1. The van der Waals surface area contributed by atoms with Gasteiger partial charge in [-0.15, -0.1) is 11.3 Å². The predicted molar refractivity (Wildman–Crippen MR) is 92.7 cm³/mol. The maximum atomic E-state index is 12.6. The zero-order valence-corrected chi connectivity index (χ0v) is 14.6. The Morgan fingerprint density at radius 3 is 2.54 bits per heavy atom. The highest BCUT2D eigenvalue weighted by molar-refractivity contribution is 7.91.